The molecule has 0 aliphatic heterocycles. The third-order valence-corrected chi connectivity index (χ3v) is 4.97. The molecule has 0 saturated heterocycles. The molecule has 3 aromatic rings. The molecule has 0 unspecified atom stereocenters. The van der Waals surface area contributed by atoms with Gasteiger partial charge in [0.25, 0.3) is 5.91 Å². The van der Waals surface area contributed by atoms with Gasteiger partial charge < -0.3 is 14.8 Å². The maximum absolute atomic E-state index is 12.7. The van der Waals surface area contributed by atoms with E-state index in [9.17, 15) is 13.2 Å². The highest BCUT2D eigenvalue weighted by molar-refractivity contribution is 7.89. The van der Waals surface area contributed by atoms with Crippen LogP contribution in [-0.2, 0) is 15.6 Å². The Kier molecular flexibility index (Phi) is 6.74. The predicted octanol–water partition coefficient (Wildman–Crippen LogP) is 4.67. The van der Waals surface area contributed by atoms with Gasteiger partial charge in [0.05, 0.1) is 18.0 Å². The number of carbonyl (C=O) groups excluding carboxylic acids is 1. The van der Waals surface area contributed by atoms with E-state index in [4.69, 9.17) is 9.47 Å². The first-order chi connectivity index (χ1) is 14.3. The Balaban J connectivity index is 1.76. The zero-order valence-electron chi connectivity index (χ0n) is 16.8. The van der Waals surface area contributed by atoms with Crippen molar-refractivity contribution >= 4 is 21.4 Å². The van der Waals surface area contributed by atoms with Crippen molar-refractivity contribution in [2.45, 2.75) is 12.7 Å². The smallest absolute Gasteiger partial charge is 0.255 e. The largest absolute Gasteiger partial charge is 0.494 e. The van der Waals surface area contributed by atoms with E-state index in [2.05, 4.69) is 5.32 Å². The fourth-order valence-corrected chi connectivity index (χ4v) is 3.64. The van der Waals surface area contributed by atoms with Gasteiger partial charge in [0.2, 0.25) is 0 Å². The number of hydrogen-bond acceptors (Lipinski definition) is 5. The highest BCUT2D eigenvalue weighted by Crippen LogP contribution is 2.30. The number of nitrogens with one attached hydrogen (secondary N) is 1. The first kappa shape index (κ1) is 21.4. The van der Waals surface area contributed by atoms with E-state index >= 15 is 0 Å². The summed E-state index contributed by atoms with van der Waals surface area (Å²) in [7, 11) is -3.19. The normalized spacial score (nSPS) is 11.0. The van der Waals surface area contributed by atoms with Gasteiger partial charge in [0.15, 0.2) is 15.6 Å². The van der Waals surface area contributed by atoms with Crippen molar-refractivity contribution in [3.05, 3.63) is 83.9 Å². The van der Waals surface area contributed by atoms with Crippen molar-refractivity contribution in [1.82, 2.24) is 0 Å². The van der Waals surface area contributed by atoms with Crippen molar-refractivity contribution in [2.24, 2.45) is 0 Å². The van der Waals surface area contributed by atoms with Gasteiger partial charge in [-0.25, -0.2) is 8.42 Å². The minimum absolute atomic E-state index is 0.119. The summed E-state index contributed by atoms with van der Waals surface area (Å²) in [6, 6.07) is 20.9. The van der Waals surface area contributed by atoms with Gasteiger partial charge in [-0.2, -0.15) is 0 Å². The molecule has 3 rings (SSSR count). The van der Waals surface area contributed by atoms with E-state index in [-0.39, 0.29) is 11.7 Å². The number of anilines is 1. The van der Waals surface area contributed by atoms with E-state index in [1.807, 2.05) is 25.1 Å². The second kappa shape index (κ2) is 9.45. The van der Waals surface area contributed by atoms with Gasteiger partial charge in [-0.1, -0.05) is 24.3 Å². The number of ether oxygens (including phenoxy) is 2. The lowest BCUT2D eigenvalue weighted by atomic mass is 10.1. The molecule has 30 heavy (non-hydrogen) atoms. The minimum atomic E-state index is -3.19. The third kappa shape index (κ3) is 6.09. The molecule has 0 radical (unpaired) electrons. The average molecular weight is 426 g/mol. The van der Waals surface area contributed by atoms with Crippen LogP contribution in [0.2, 0.25) is 0 Å². The van der Waals surface area contributed by atoms with Gasteiger partial charge in [0.1, 0.15) is 11.5 Å². The molecule has 0 fully saturated rings. The summed E-state index contributed by atoms with van der Waals surface area (Å²) in [5.41, 5.74) is 1.43. The Morgan fingerprint density at radius 3 is 2.33 bits per heavy atom. The van der Waals surface area contributed by atoms with Crippen LogP contribution in [0.4, 0.5) is 5.69 Å². The third-order valence-electron chi connectivity index (χ3n) is 4.12. The van der Waals surface area contributed by atoms with Crippen LogP contribution in [0.3, 0.4) is 0 Å². The van der Waals surface area contributed by atoms with Crippen molar-refractivity contribution in [1.29, 1.82) is 0 Å². The first-order valence-electron chi connectivity index (χ1n) is 9.42. The summed E-state index contributed by atoms with van der Waals surface area (Å²) in [5, 5.41) is 2.83. The average Bonchev–Trinajstić information content (AvgIpc) is 2.70. The number of sulfone groups is 1. The van der Waals surface area contributed by atoms with E-state index in [1.54, 1.807) is 54.6 Å². The molecule has 0 aliphatic rings. The summed E-state index contributed by atoms with van der Waals surface area (Å²) >= 11 is 0. The second-order valence-corrected chi connectivity index (χ2v) is 8.87. The van der Waals surface area contributed by atoms with Crippen LogP contribution < -0.4 is 14.8 Å². The molecule has 0 aromatic heterocycles. The molecule has 1 amide bonds. The maximum Gasteiger partial charge on any atom is 0.255 e. The molecule has 3 aromatic carbocycles. The summed E-state index contributed by atoms with van der Waals surface area (Å²) in [6.07, 6.45) is 1.16. The van der Waals surface area contributed by atoms with Crippen LogP contribution in [0, 0.1) is 0 Å². The summed E-state index contributed by atoms with van der Waals surface area (Å²) in [6.45, 7) is 2.50. The molecule has 6 nitrogen and oxygen atoms in total. The first-order valence-corrected chi connectivity index (χ1v) is 11.5. The van der Waals surface area contributed by atoms with Crippen LogP contribution in [0.1, 0.15) is 22.8 Å². The standard InChI is InChI=1S/C23H23NO5S/c1-3-28-19-11-13-20(14-12-19)29-22-10-5-4-9-21(22)24-23(25)18-8-6-7-17(15-18)16-30(2,26)27/h4-15H,3,16H2,1-2H3,(H,24,25). The summed E-state index contributed by atoms with van der Waals surface area (Å²) in [5.74, 6) is 1.37. The lowest BCUT2D eigenvalue weighted by Gasteiger charge is -2.13. The highest BCUT2D eigenvalue weighted by atomic mass is 32.2. The molecule has 0 aliphatic carbocycles. The van der Waals surface area contributed by atoms with Crippen LogP contribution in [-0.4, -0.2) is 27.2 Å². The van der Waals surface area contributed by atoms with E-state index in [0.29, 0.717) is 34.9 Å². The van der Waals surface area contributed by atoms with Gasteiger partial charge >= 0.3 is 0 Å². The number of para-hydroxylation sites is 2. The molecule has 7 heteroatoms. The highest BCUT2D eigenvalue weighted by Gasteiger charge is 2.12. The maximum atomic E-state index is 12.7. The van der Waals surface area contributed by atoms with Crippen molar-refractivity contribution in [3.8, 4) is 17.2 Å². The topological polar surface area (TPSA) is 81.7 Å². The number of benzene rings is 3. The van der Waals surface area contributed by atoms with Crippen molar-refractivity contribution in [3.63, 3.8) is 0 Å². The van der Waals surface area contributed by atoms with E-state index < -0.39 is 9.84 Å². The fourth-order valence-electron chi connectivity index (χ4n) is 2.86. The van der Waals surface area contributed by atoms with E-state index in [0.717, 1.165) is 12.0 Å². The van der Waals surface area contributed by atoms with Crippen molar-refractivity contribution < 1.29 is 22.7 Å². The molecular weight excluding hydrogens is 402 g/mol. The summed E-state index contributed by atoms with van der Waals surface area (Å²) in [4.78, 5) is 12.7. The predicted molar refractivity (Wildman–Crippen MR) is 117 cm³/mol. The molecule has 0 bridgehead atoms. The number of hydrogen-bond donors (Lipinski definition) is 1. The second-order valence-electron chi connectivity index (χ2n) is 6.73. The molecule has 0 heterocycles. The van der Waals surface area contributed by atoms with Gasteiger partial charge in [-0.3, -0.25) is 4.79 Å². The Labute approximate surface area is 176 Å². The van der Waals surface area contributed by atoms with E-state index in [1.165, 1.54) is 0 Å². The molecule has 1 N–H and O–H groups in total. The van der Waals surface area contributed by atoms with Crippen LogP contribution in [0.5, 0.6) is 17.2 Å². The lowest BCUT2D eigenvalue weighted by Crippen LogP contribution is -2.13. The van der Waals surface area contributed by atoms with Crippen LogP contribution in [0.15, 0.2) is 72.8 Å². The zero-order valence-corrected chi connectivity index (χ0v) is 17.6. The Morgan fingerprint density at radius 1 is 0.933 bits per heavy atom. The van der Waals surface area contributed by atoms with Crippen LogP contribution >= 0.6 is 0 Å². The van der Waals surface area contributed by atoms with Crippen LogP contribution in [0.25, 0.3) is 0 Å². The summed E-state index contributed by atoms with van der Waals surface area (Å²) < 4.78 is 34.4. The lowest BCUT2D eigenvalue weighted by molar-refractivity contribution is 0.102. The Bertz CT molecular complexity index is 1120. The Hall–Kier alpha value is -3.32. The quantitative estimate of drug-likeness (QED) is 0.567. The van der Waals surface area contributed by atoms with Gasteiger partial charge in [0, 0.05) is 11.8 Å². The SMILES string of the molecule is CCOc1ccc(Oc2ccccc2NC(=O)c2cccc(CS(C)(=O)=O)c2)cc1. The zero-order chi connectivity index (χ0) is 21.6. The fraction of sp³-hybridized carbons (Fsp3) is 0.174. The van der Waals surface area contributed by atoms with Crippen molar-refractivity contribution in [2.75, 3.05) is 18.2 Å². The monoisotopic (exact) mass is 425 g/mol. The molecule has 0 spiro atoms. The van der Waals surface area contributed by atoms with Gasteiger partial charge in [-0.05, 0) is 61.0 Å². The Morgan fingerprint density at radius 2 is 1.63 bits per heavy atom. The molecule has 156 valence electrons. The number of rotatable bonds is 8. The molecular formula is C23H23NO5S. The van der Waals surface area contributed by atoms with Gasteiger partial charge in [-0.15, -0.1) is 0 Å². The molecule has 0 saturated carbocycles. The molecule has 0 atom stereocenters. The minimum Gasteiger partial charge on any atom is -0.494 e. The number of amides is 1. The number of carbonyl (C=O) groups is 1.